The average molecular weight is 355 g/mol. The van der Waals surface area contributed by atoms with E-state index in [2.05, 4.69) is 5.32 Å². The van der Waals surface area contributed by atoms with E-state index in [4.69, 9.17) is 15.0 Å². The molecule has 2 aromatic rings. The Bertz CT molecular complexity index is 773. The number of carboxylic acid groups (broad SMARTS) is 2. The number of carboxylic acids is 1. The van der Waals surface area contributed by atoms with Gasteiger partial charge in [0.15, 0.2) is 0 Å². The van der Waals surface area contributed by atoms with Gasteiger partial charge in [0.05, 0.1) is 5.69 Å². The van der Waals surface area contributed by atoms with Crippen molar-refractivity contribution in [2.75, 3.05) is 5.32 Å². The fourth-order valence-corrected chi connectivity index (χ4v) is 1.99. The van der Waals surface area contributed by atoms with E-state index in [1.165, 1.54) is 0 Å². The number of aliphatic carboxylic acids is 1. The van der Waals surface area contributed by atoms with Crippen LogP contribution in [-0.2, 0) is 4.79 Å². The maximum atomic E-state index is 10.9. The lowest BCUT2D eigenvalue weighted by Crippen LogP contribution is -2.21. The van der Waals surface area contributed by atoms with Crippen molar-refractivity contribution in [2.45, 2.75) is 20.0 Å². The summed E-state index contributed by atoms with van der Waals surface area (Å²) in [6.07, 6.45) is -6.13. The molecule has 0 aliphatic heterocycles. The first-order valence-corrected chi connectivity index (χ1v) is 6.99. The molecule has 0 saturated carbocycles. The predicted octanol–water partition coefficient (Wildman–Crippen LogP) is 4.69. The molecule has 0 unspecified atom stereocenters. The van der Waals surface area contributed by atoms with E-state index in [1.54, 1.807) is 0 Å². The van der Waals surface area contributed by atoms with Gasteiger partial charge in [0.2, 0.25) is 0 Å². The third-order valence-corrected chi connectivity index (χ3v) is 3.08. The highest BCUT2D eigenvalue weighted by Crippen LogP contribution is 2.31. The smallest absolute Gasteiger partial charge is 0.475 e. The van der Waals surface area contributed by atoms with E-state index in [0.29, 0.717) is 5.69 Å². The number of halogens is 3. The molecule has 0 aliphatic carbocycles. The second-order valence-corrected chi connectivity index (χ2v) is 5.10. The molecule has 5 nitrogen and oxygen atoms in total. The van der Waals surface area contributed by atoms with Gasteiger partial charge in [0.25, 0.3) is 0 Å². The van der Waals surface area contributed by atoms with Crippen LogP contribution in [0.25, 0.3) is 11.1 Å². The molecule has 0 saturated heterocycles. The molecule has 2 rings (SSSR count). The van der Waals surface area contributed by atoms with Gasteiger partial charge < -0.3 is 10.2 Å². The molecule has 134 valence electrons. The molecule has 0 heterocycles. The zero-order valence-electron chi connectivity index (χ0n) is 13.4. The van der Waals surface area contributed by atoms with E-state index < -0.39 is 18.2 Å². The van der Waals surface area contributed by atoms with Crippen molar-refractivity contribution >= 4 is 17.7 Å². The van der Waals surface area contributed by atoms with Crippen LogP contribution in [0.5, 0.6) is 0 Å². The van der Waals surface area contributed by atoms with Crippen LogP contribution in [0.4, 0.5) is 23.7 Å². The van der Waals surface area contributed by atoms with E-state index >= 15 is 0 Å². The molecular weight excluding hydrogens is 339 g/mol. The standard InChI is InChI=1S/C15H15NO2.C2HF3O2/c1-10-5-3-7-12(9-10)13-8-4-6-11(2)14(13)16-15(17)18;3-2(4,5)1(6)7/h3-9,16H,1-2H3,(H,17,18);(H,6,7). The number of amides is 1. The van der Waals surface area contributed by atoms with Crippen LogP contribution in [0.15, 0.2) is 42.5 Å². The fourth-order valence-electron chi connectivity index (χ4n) is 1.99. The van der Waals surface area contributed by atoms with Gasteiger partial charge in [-0.3, -0.25) is 5.32 Å². The largest absolute Gasteiger partial charge is 0.490 e. The number of carbonyl (C=O) groups is 2. The number of nitrogens with one attached hydrogen (secondary N) is 1. The predicted molar refractivity (Wildman–Crippen MR) is 86.7 cm³/mol. The number of hydrogen-bond acceptors (Lipinski definition) is 2. The molecular formula is C17H16F3NO4. The second-order valence-electron chi connectivity index (χ2n) is 5.10. The number of aryl methyl sites for hydroxylation is 2. The minimum Gasteiger partial charge on any atom is -0.475 e. The molecule has 0 aliphatic rings. The average Bonchev–Trinajstić information content (AvgIpc) is 2.48. The topological polar surface area (TPSA) is 86.6 Å². The van der Waals surface area contributed by atoms with Gasteiger partial charge >= 0.3 is 18.2 Å². The Morgan fingerprint density at radius 2 is 1.56 bits per heavy atom. The third-order valence-electron chi connectivity index (χ3n) is 3.08. The van der Waals surface area contributed by atoms with E-state index in [-0.39, 0.29) is 0 Å². The highest BCUT2D eigenvalue weighted by Gasteiger charge is 2.38. The fraction of sp³-hybridized carbons (Fsp3) is 0.176. The minimum absolute atomic E-state index is 0.649. The second kappa shape index (κ2) is 8.18. The Morgan fingerprint density at radius 3 is 2.04 bits per heavy atom. The molecule has 0 spiro atoms. The van der Waals surface area contributed by atoms with Gasteiger partial charge in [-0.15, -0.1) is 0 Å². The summed E-state index contributed by atoms with van der Waals surface area (Å²) in [5.74, 6) is -2.76. The normalized spacial score (nSPS) is 10.4. The van der Waals surface area contributed by atoms with Crippen LogP contribution in [0, 0.1) is 13.8 Å². The number of benzene rings is 2. The summed E-state index contributed by atoms with van der Waals surface area (Å²) < 4.78 is 31.7. The zero-order chi connectivity index (χ0) is 19.2. The molecule has 0 aromatic heterocycles. The van der Waals surface area contributed by atoms with Gasteiger partial charge in [-0.25, -0.2) is 9.59 Å². The Hall–Kier alpha value is -3.03. The quantitative estimate of drug-likeness (QED) is 0.729. The van der Waals surface area contributed by atoms with Gasteiger partial charge in [-0.2, -0.15) is 13.2 Å². The van der Waals surface area contributed by atoms with E-state index in [1.807, 2.05) is 56.3 Å². The summed E-state index contributed by atoms with van der Waals surface area (Å²) in [5.41, 5.74) is 4.63. The number of rotatable bonds is 2. The Balaban J connectivity index is 0.000000381. The summed E-state index contributed by atoms with van der Waals surface area (Å²) in [4.78, 5) is 19.8. The monoisotopic (exact) mass is 355 g/mol. The number of anilines is 1. The summed E-state index contributed by atoms with van der Waals surface area (Å²) >= 11 is 0. The molecule has 0 atom stereocenters. The van der Waals surface area contributed by atoms with Crippen LogP contribution in [0.3, 0.4) is 0 Å². The van der Waals surface area contributed by atoms with Crippen molar-refractivity contribution < 1.29 is 33.0 Å². The zero-order valence-corrected chi connectivity index (χ0v) is 13.4. The summed E-state index contributed by atoms with van der Waals surface area (Å²) in [7, 11) is 0. The molecule has 2 aromatic carbocycles. The van der Waals surface area contributed by atoms with Crippen molar-refractivity contribution in [3.63, 3.8) is 0 Å². The third kappa shape index (κ3) is 6.17. The van der Waals surface area contributed by atoms with Crippen molar-refractivity contribution in [1.29, 1.82) is 0 Å². The van der Waals surface area contributed by atoms with Crippen LogP contribution >= 0.6 is 0 Å². The molecule has 0 radical (unpaired) electrons. The van der Waals surface area contributed by atoms with Gasteiger partial charge in [-0.05, 0) is 25.0 Å². The summed E-state index contributed by atoms with van der Waals surface area (Å²) in [5, 5.41) is 18.5. The Kier molecular flexibility index (Phi) is 6.55. The van der Waals surface area contributed by atoms with E-state index in [0.717, 1.165) is 22.3 Å². The first-order valence-electron chi connectivity index (χ1n) is 6.99. The number of para-hydroxylation sites is 1. The number of hydrogen-bond donors (Lipinski definition) is 3. The van der Waals surface area contributed by atoms with Crippen LogP contribution in [0.1, 0.15) is 11.1 Å². The maximum Gasteiger partial charge on any atom is 0.490 e. The Morgan fingerprint density at radius 1 is 1.00 bits per heavy atom. The summed E-state index contributed by atoms with van der Waals surface area (Å²) in [6.45, 7) is 3.91. The summed E-state index contributed by atoms with van der Waals surface area (Å²) in [6, 6.07) is 13.8. The van der Waals surface area contributed by atoms with Crippen LogP contribution in [-0.4, -0.2) is 28.5 Å². The van der Waals surface area contributed by atoms with Crippen molar-refractivity contribution in [2.24, 2.45) is 0 Å². The van der Waals surface area contributed by atoms with Gasteiger partial charge in [-0.1, -0.05) is 48.0 Å². The lowest BCUT2D eigenvalue weighted by Gasteiger charge is -2.12. The molecule has 0 fully saturated rings. The van der Waals surface area contributed by atoms with Crippen molar-refractivity contribution in [3.05, 3.63) is 53.6 Å². The first-order chi connectivity index (χ1) is 11.5. The Labute approximate surface area is 141 Å². The molecule has 0 bridgehead atoms. The molecule has 8 heteroatoms. The van der Waals surface area contributed by atoms with Crippen LogP contribution < -0.4 is 5.32 Å². The lowest BCUT2D eigenvalue weighted by molar-refractivity contribution is -0.192. The SMILES string of the molecule is Cc1cccc(-c2cccc(C)c2NC(=O)O)c1.O=C(O)C(F)(F)F. The highest BCUT2D eigenvalue weighted by molar-refractivity contribution is 5.92. The van der Waals surface area contributed by atoms with Gasteiger partial charge in [0, 0.05) is 5.56 Å². The molecule has 1 amide bonds. The first kappa shape index (κ1) is 20.0. The number of alkyl halides is 3. The lowest BCUT2D eigenvalue weighted by atomic mass is 9.99. The molecule has 3 N–H and O–H groups in total. The van der Waals surface area contributed by atoms with Crippen LogP contribution in [0.2, 0.25) is 0 Å². The molecule has 25 heavy (non-hydrogen) atoms. The maximum absolute atomic E-state index is 10.9. The van der Waals surface area contributed by atoms with E-state index in [9.17, 15) is 18.0 Å². The highest BCUT2D eigenvalue weighted by atomic mass is 19.4. The van der Waals surface area contributed by atoms with Crippen molar-refractivity contribution in [1.82, 2.24) is 0 Å². The van der Waals surface area contributed by atoms with Gasteiger partial charge in [0.1, 0.15) is 0 Å². The van der Waals surface area contributed by atoms with Crippen molar-refractivity contribution in [3.8, 4) is 11.1 Å². The minimum atomic E-state index is -5.08.